The fourth-order valence-electron chi connectivity index (χ4n) is 2.07. The Bertz CT molecular complexity index is 509. The molecule has 1 aromatic carbocycles. The minimum Gasteiger partial charge on any atom is -0.316 e. The monoisotopic (exact) mass is 341 g/mol. The Morgan fingerprint density at radius 2 is 2.05 bits per heavy atom. The number of likely N-dealkylation sites (N-methyl/N-ethyl adjacent to an activating group) is 1. The molecule has 1 aromatic heterocycles. The Morgan fingerprint density at radius 3 is 2.63 bits per heavy atom. The first kappa shape index (κ1) is 14.7. The van der Waals surface area contributed by atoms with Gasteiger partial charge in [-0.25, -0.2) is 4.39 Å². The molecule has 1 unspecified atom stereocenters. The molecule has 2 rings (SSSR count). The molecule has 4 heteroatoms. The van der Waals surface area contributed by atoms with Gasteiger partial charge in [-0.1, -0.05) is 19.1 Å². The zero-order valence-electron chi connectivity index (χ0n) is 10.8. The lowest BCUT2D eigenvalue weighted by Gasteiger charge is -2.17. The molecule has 102 valence electrons. The molecule has 0 saturated heterocycles. The van der Waals surface area contributed by atoms with E-state index in [1.165, 1.54) is 10.4 Å². The van der Waals surface area contributed by atoms with Gasteiger partial charge in [0.05, 0.1) is 0 Å². The molecule has 0 aliphatic rings. The molecule has 1 N–H and O–H groups in total. The molecule has 1 atom stereocenters. The van der Waals surface area contributed by atoms with Crippen molar-refractivity contribution >= 4 is 27.3 Å². The summed E-state index contributed by atoms with van der Waals surface area (Å²) < 4.78 is 14.1. The van der Waals surface area contributed by atoms with Gasteiger partial charge in [0.15, 0.2) is 0 Å². The Labute approximate surface area is 126 Å². The molecule has 0 aliphatic heterocycles. The summed E-state index contributed by atoms with van der Waals surface area (Å²) in [5.41, 5.74) is 1.19. The summed E-state index contributed by atoms with van der Waals surface area (Å²) in [5.74, 6) is 0.205. The molecule has 0 radical (unpaired) electrons. The summed E-state index contributed by atoms with van der Waals surface area (Å²) in [6.07, 6.45) is 0.981. The van der Waals surface area contributed by atoms with Crippen LogP contribution in [0.15, 0.2) is 40.2 Å². The van der Waals surface area contributed by atoms with Crippen molar-refractivity contribution in [3.8, 4) is 0 Å². The fraction of sp³-hybridized carbons (Fsp3) is 0.333. The van der Waals surface area contributed by atoms with Gasteiger partial charge in [-0.2, -0.15) is 0 Å². The summed E-state index contributed by atoms with van der Waals surface area (Å²) in [6.45, 7) is 3.97. The first-order valence-electron chi connectivity index (χ1n) is 6.38. The average Bonchev–Trinajstić information content (AvgIpc) is 2.81. The first-order valence-corrected chi connectivity index (χ1v) is 8.05. The summed E-state index contributed by atoms with van der Waals surface area (Å²) in [7, 11) is 0. The topological polar surface area (TPSA) is 12.0 Å². The second kappa shape index (κ2) is 7.17. The van der Waals surface area contributed by atoms with Gasteiger partial charge in [-0.15, -0.1) is 11.3 Å². The normalized spacial score (nSPS) is 12.6. The highest BCUT2D eigenvalue weighted by atomic mass is 79.9. The van der Waals surface area contributed by atoms with Crippen LogP contribution in [0.2, 0.25) is 0 Å². The van der Waals surface area contributed by atoms with Gasteiger partial charge >= 0.3 is 0 Å². The van der Waals surface area contributed by atoms with Crippen LogP contribution in [0.1, 0.15) is 23.3 Å². The molecule has 2 aromatic rings. The largest absolute Gasteiger partial charge is 0.316 e. The lowest BCUT2D eigenvalue weighted by Crippen LogP contribution is -2.22. The highest BCUT2D eigenvalue weighted by molar-refractivity contribution is 9.10. The number of halogens is 2. The second-order valence-electron chi connectivity index (χ2n) is 4.49. The Hall–Kier alpha value is -0.710. The van der Waals surface area contributed by atoms with Crippen molar-refractivity contribution < 1.29 is 4.39 Å². The van der Waals surface area contributed by atoms with Gasteiger partial charge in [-0.3, -0.25) is 0 Å². The third-order valence-electron chi connectivity index (χ3n) is 3.05. The zero-order valence-corrected chi connectivity index (χ0v) is 13.2. The van der Waals surface area contributed by atoms with Crippen LogP contribution in [0.3, 0.4) is 0 Å². The standard InChI is InChI=1S/C15H17BrFNS/c1-2-18-9-12(7-15-8-13(16)10-19-15)11-3-5-14(17)6-4-11/h3-6,8,10,12,18H,2,7,9H2,1H3. The van der Waals surface area contributed by atoms with Gasteiger partial charge < -0.3 is 5.32 Å². The van der Waals surface area contributed by atoms with E-state index in [0.29, 0.717) is 5.92 Å². The van der Waals surface area contributed by atoms with Gasteiger partial charge in [-0.05, 0) is 52.7 Å². The molecule has 0 aliphatic carbocycles. The van der Waals surface area contributed by atoms with E-state index >= 15 is 0 Å². The van der Waals surface area contributed by atoms with Crippen LogP contribution in [-0.4, -0.2) is 13.1 Å². The Balaban J connectivity index is 2.13. The highest BCUT2D eigenvalue weighted by Crippen LogP contribution is 2.26. The molecular weight excluding hydrogens is 325 g/mol. The zero-order chi connectivity index (χ0) is 13.7. The van der Waals surface area contributed by atoms with E-state index in [9.17, 15) is 4.39 Å². The van der Waals surface area contributed by atoms with E-state index in [1.807, 2.05) is 12.1 Å². The molecule has 1 nitrogen and oxygen atoms in total. The van der Waals surface area contributed by atoms with Crippen molar-refractivity contribution in [2.45, 2.75) is 19.3 Å². The van der Waals surface area contributed by atoms with Gasteiger partial charge in [0.25, 0.3) is 0 Å². The lowest BCUT2D eigenvalue weighted by atomic mass is 9.95. The smallest absolute Gasteiger partial charge is 0.123 e. The number of thiophene rings is 1. The van der Waals surface area contributed by atoms with Crippen LogP contribution in [0, 0.1) is 5.82 Å². The maximum absolute atomic E-state index is 13.0. The van der Waals surface area contributed by atoms with Crippen LogP contribution in [0.4, 0.5) is 4.39 Å². The van der Waals surface area contributed by atoms with Crippen LogP contribution in [-0.2, 0) is 6.42 Å². The van der Waals surface area contributed by atoms with Crippen LogP contribution >= 0.6 is 27.3 Å². The van der Waals surface area contributed by atoms with Crippen molar-refractivity contribution in [3.63, 3.8) is 0 Å². The van der Waals surface area contributed by atoms with Crippen molar-refractivity contribution in [1.29, 1.82) is 0 Å². The second-order valence-corrected chi connectivity index (χ2v) is 6.40. The Kier molecular flexibility index (Phi) is 5.55. The van der Waals surface area contributed by atoms with E-state index in [4.69, 9.17) is 0 Å². The molecule has 1 heterocycles. The number of nitrogens with one attached hydrogen (secondary N) is 1. The Morgan fingerprint density at radius 1 is 1.32 bits per heavy atom. The third-order valence-corrected chi connectivity index (χ3v) is 4.77. The summed E-state index contributed by atoms with van der Waals surface area (Å²) in [5, 5.41) is 5.49. The maximum atomic E-state index is 13.0. The lowest BCUT2D eigenvalue weighted by molar-refractivity contribution is 0.592. The highest BCUT2D eigenvalue weighted by Gasteiger charge is 2.13. The third kappa shape index (κ3) is 4.41. The first-order chi connectivity index (χ1) is 9.19. The summed E-state index contributed by atoms with van der Waals surface area (Å²) in [4.78, 5) is 1.35. The molecule has 0 amide bonds. The molecule has 19 heavy (non-hydrogen) atoms. The van der Waals surface area contributed by atoms with E-state index in [2.05, 4.69) is 39.6 Å². The van der Waals surface area contributed by atoms with E-state index < -0.39 is 0 Å². The van der Waals surface area contributed by atoms with Gasteiger partial charge in [0, 0.05) is 27.2 Å². The number of rotatable bonds is 6. The SMILES string of the molecule is CCNCC(Cc1cc(Br)cs1)c1ccc(F)cc1. The predicted octanol–water partition coefficient (Wildman–Crippen LogP) is 4.59. The minimum absolute atomic E-state index is 0.176. The molecule has 0 fully saturated rings. The van der Waals surface area contributed by atoms with Crippen LogP contribution < -0.4 is 5.32 Å². The molecular formula is C15H17BrFNS. The number of benzene rings is 1. The van der Waals surface area contributed by atoms with E-state index in [1.54, 1.807) is 23.5 Å². The summed E-state index contributed by atoms with van der Waals surface area (Å²) in [6, 6.07) is 9.02. The minimum atomic E-state index is -0.176. The molecule has 0 bridgehead atoms. The van der Waals surface area contributed by atoms with Gasteiger partial charge in [0.1, 0.15) is 5.82 Å². The van der Waals surface area contributed by atoms with Crippen molar-refractivity contribution in [2.75, 3.05) is 13.1 Å². The predicted molar refractivity (Wildman–Crippen MR) is 83.4 cm³/mol. The van der Waals surface area contributed by atoms with Crippen molar-refractivity contribution in [1.82, 2.24) is 5.32 Å². The van der Waals surface area contributed by atoms with Crippen molar-refractivity contribution in [2.24, 2.45) is 0 Å². The van der Waals surface area contributed by atoms with Gasteiger partial charge in [0.2, 0.25) is 0 Å². The molecule has 0 saturated carbocycles. The number of hydrogen-bond acceptors (Lipinski definition) is 2. The average molecular weight is 342 g/mol. The molecule has 0 spiro atoms. The number of hydrogen-bond donors (Lipinski definition) is 1. The maximum Gasteiger partial charge on any atom is 0.123 e. The van der Waals surface area contributed by atoms with Crippen LogP contribution in [0.5, 0.6) is 0 Å². The van der Waals surface area contributed by atoms with E-state index in [0.717, 1.165) is 24.0 Å². The van der Waals surface area contributed by atoms with Crippen molar-refractivity contribution in [3.05, 3.63) is 56.4 Å². The quantitative estimate of drug-likeness (QED) is 0.810. The van der Waals surface area contributed by atoms with Crippen LogP contribution in [0.25, 0.3) is 0 Å². The van der Waals surface area contributed by atoms with E-state index in [-0.39, 0.29) is 5.82 Å². The summed E-state index contributed by atoms with van der Waals surface area (Å²) >= 11 is 5.25. The fourth-order valence-corrected chi connectivity index (χ4v) is 3.60.